The molecule has 1 aliphatic rings. The van der Waals surface area contributed by atoms with Crippen LogP contribution >= 0.6 is 11.6 Å². The molecule has 182 valence electrons. The van der Waals surface area contributed by atoms with E-state index in [4.69, 9.17) is 27.6 Å². The van der Waals surface area contributed by atoms with Crippen molar-refractivity contribution in [2.75, 3.05) is 17.6 Å². The normalized spacial score (nSPS) is 12.1. The number of aromatic nitrogens is 5. The number of hydrogen-bond donors (Lipinski definition) is 3. The summed E-state index contributed by atoms with van der Waals surface area (Å²) in [7, 11) is 0. The third-order valence-corrected chi connectivity index (χ3v) is 5.79. The average Bonchev–Trinajstić information content (AvgIpc) is 3.40. The van der Waals surface area contributed by atoms with Gasteiger partial charge in [0, 0.05) is 31.4 Å². The van der Waals surface area contributed by atoms with Crippen LogP contribution in [0.2, 0.25) is 5.02 Å². The van der Waals surface area contributed by atoms with Gasteiger partial charge in [0.2, 0.25) is 5.89 Å². The van der Waals surface area contributed by atoms with Crippen molar-refractivity contribution in [3.8, 4) is 0 Å². The van der Waals surface area contributed by atoms with Crippen molar-refractivity contribution >= 4 is 46.1 Å². The number of benzene rings is 1. The molecule has 1 aliphatic heterocycles. The SMILES string of the molecule is CCc1cc2cccc(Cl)c2c(=O)n1CCc1nc(C)no1.NC(=O)c1c(N)nn2c1NCC=C2. The molecule has 0 saturated carbocycles. The van der Waals surface area contributed by atoms with Gasteiger partial charge in [-0.25, -0.2) is 4.68 Å². The van der Waals surface area contributed by atoms with Crippen LogP contribution in [-0.2, 0) is 19.4 Å². The van der Waals surface area contributed by atoms with Crippen molar-refractivity contribution in [2.24, 2.45) is 5.73 Å². The number of primary amides is 1. The maximum Gasteiger partial charge on any atom is 0.260 e. The van der Waals surface area contributed by atoms with Crippen molar-refractivity contribution in [2.45, 2.75) is 33.2 Å². The summed E-state index contributed by atoms with van der Waals surface area (Å²) in [5.74, 6) is 1.28. The molecule has 35 heavy (non-hydrogen) atoms. The Bertz CT molecular complexity index is 1480. The highest BCUT2D eigenvalue weighted by Crippen LogP contribution is 2.23. The topological polar surface area (TPSA) is 160 Å². The maximum atomic E-state index is 12.8. The van der Waals surface area contributed by atoms with Crippen molar-refractivity contribution in [3.63, 3.8) is 0 Å². The van der Waals surface area contributed by atoms with Crippen molar-refractivity contribution in [1.82, 2.24) is 24.5 Å². The largest absolute Gasteiger partial charge is 0.381 e. The maximum absolute atomic E-state index is 12.8. The molecular weight excluding hydrogens is 472 g/mol. The number of carbonyl (C=O) groups is 1. The zero-order valence-electron chi connectivity index (χ0n) is 19.3. The van der Waals surface area contributed by atoms with E-state index in [0.717, 1.165) is 17.5 Å². The van der Waals surface area contributed by atoms with E-state index in [-0.39, 0.29) is 16.9 Å². The second kappa shape index (κ2) is 10.0. The van der Waals surface area contributed by atoms with Gasteiger partial charge in [-0.15, -0.1) is 5.10 Å². The second-order valence-electron chi connectivity index (χ2n) is 7.82. The monoisotopic (exact) mass is 496 g/mol. The Balaban J connectivity index is 0.000000189. The quantitative estimate of drug-likeness (QED) is 0.380. The summed E-state index contributed by atoms with van der Waals surface area (Å²) in [5.41, 5.74) is 11.8. The first-order valence-corrected chi connectivity index (χ1v) is 11.4. The number of fused-ring (bicyclic) bond motifs is 2. The summed E-state index contributed by atoms with van der Waals surface area (Å²) in [6.07, 6.45) is 4.88. The molecule has 4 aromatic rings. The number of nitrogens with one attached hydrogen (secondary N) is 1. The van der Waals surface area contributed by atoms with Gasteiger partial charge in [-0.05, 0) is 36.9 Å². The van der Waals surface area contributed by atoms with Crippen molar-refractivity contribution in [1.29, 1.82) is 0 Å². The molecule has 0 bridgehead atoms. The molecule has 0 saturated heterocycles. The van der Waals surface area contributed by atoms with Crippen molar-refractivity contribution < 1.29 is 9.32 Å². The number of aryl methyl sites for hydroxylation is 3. The lowest BCUT2D eigenvalue weighted by molar-refractivity contribution is 0.100. The number of amides is 1. The fraction of sp³-hybridized carbons (Fsp3) is 0.261. The second-order valence-corrected chi connectivity index (χ2v) is 8.23. The number of hydrogen-bond acceptors (Lipinski definition) is 8. The first-order valence-electron chi connectivity index (χ1n) is 11.0. The van der Waals surface area contributed by atoms with Gasteiger partial charge in [0.05, 0.1) is 10.4 Å². The molecule has 5 N–H and O–H groups in total. The van der Waals surface area contributed by atoms with Gasteiger partial charge in [-0.3, -0.25) is 9.59 Å². The predicted octanol–water partition coefficient (Wildman–Crippen LogP) is 2.61. The van der Waals surface area contributed by atoms with Crippen molar-refractivity contribution in [3.05, 3.63) is 68.7 Å². The lowest BCUT2D eigenvalue weighted by Crippen LogP contribution is -2.24. The van der Waals surface area contributed by atoms with Gasteiger partial charge >= 0.3 is 0 Å². The summed E-state index contributed by atoms with van der Waals surface area (Å²) >= 11 is 6.20. The minimum Gasteiger partial charge on any atom is -0.381 e. The lowest BCUT2D eigenvalue weighted by Gasteiger charge is -2.13. The summed E-state index contributed by atoms with van der Waals surface area (Å²) in [6.45, 7) is 4.93. The van der Waals surface area contributed by atoms with E-state index in [2.05, 4.69) is 20.6 Å². The van der Waals surface area contributed by atoms with E-state index in [1.54, 1.807) is 23.8 Å². The number of rotatable bonds is 5. The highest BCUT2D eigenvalue weighted by molar-refractivity contribution is 6.35. The van der Waals surface area contributed by atoms with E-state index in [9.17, 15) is 9.59 Å². The van der Waals surface area contributed by atoms with Gasteiger partial charge in [-0.1, -0.05) is 35.8 Å². The number of halogens is 1. The third-order valence-electron chi connectivity index (χ3n) is 5.47. The van der Waals surface area contributed by atoms with Crippen LogP contribution in [0.5, 0.6) is 0 Å². The van der Waals surface area contributed by atoms with Crippen LogP contribution in [0, 0.1) is 6.92 Å². The van der Waals surface area contributed by atoms with Gasteiger partial charge in [-0.2, -0.15) is 4.98 Å². The first-order chi connectivity index (χ1) is 16.8. The Hall–Kier alpha value is -4.12. The molecule has 4 heterocycles. The summed E-state index contributed by atoms with van der Waals surface area (Å²) in [6, 6.07) is 7.52. The lowest BCUT2D eigenvalue weighted by atomic mass is 10.1. The molecule has 5 rings (SSSR count). The Morgan fingerprint density at radius 2 is 2.14 bits per heavy atom. The number of anilines is 2. The van der Waals surface area contributed by atoms with Crippen LogP contribution < -0.4 is 22.3 Å². The molecule has 0 radical (unpaired) electrons. The van der Waals surface area contributed by atoms with Gasteiger partial charge in [0.1, 0.15) is 11.4 Å². The Kier molecular flexibility index (Phi) is 6.87. The van der Waals surface area contributed by atoms with Crippen LogP contribution in [0.1, 0.15) is 34.7 Å². The summed E-state index contributed by atoms with van der Waals surface area (Å²) in [5, 5.41) is 12.6. The fourth-order valence-electron chi connectivity index (χ4n) is 3.88. The smallest absolute Gasteiger partial charge is 0.260 e. The van der Waals surface area contributed by atoms with Crippen LogP contribution in [0.4, 0.5) is 11.6 Å². The summed E-state index contributed by atoms with van der Waals surface area (Å²) in [4.78, 5) is 27.9. The molecule has 3 aromatic heterocycles. The van der Waals surface area contributed by atoms with Gasteiger partial charge < -0.3 is 25.9 Å². The zero-order valence-corrected chi connectivity index (χ0v) is 20.0. The number of nitrogen functional groups attached to an aromatic ring is 1. The Morgan fingerprint density at radius 1 is 1.34 bits per heavy atom. The molecule has 0 fully saturated rings. The molecule has 0 unspecified atom stereocenters. The minimum absolute atomic E-state index is 0.0730. The van der Waals surface area contributed by atoms with E-state index in [0.29, 0.717) is 47.5 Å². The molecule has 1 aromatic carbocycles. The van der Waals surface area contributed by atoms with E-state index < -0.39 is 5.91 Å². The Labute approximate surface area is 205 Å². The first kappa shape index (κ1) is 24.0. The number of nitrogens with two attached hydrogens (primary N) is 2. The third kappa shape index (κ3) is 4.90. The van der Waals surface area contributed by atoms with Gasteiger partial charge in [0.15, 0.2) is 11.6 Å². The number of nitrogens with zero attached hydrogens (tertiary/aromatic N) is 5. The van der Waals surface area contributed by atoms with Crippen LogP contribution in [-0.4, -0.2) is 36.9 Å². The highest BCUT2D eigenvalue weighted by Gasteiger charge is 2.20. The summed E-state index contributed by atoms with van der Waals surface area (Å²) < 4.78 is 8.35. The average molecular weight is 497 g/mol. The molecule has 12 heteroatoms. The van der Waals surface area contributed by atoms with Crippen LogP contribution in [0.25, 0.3) is 17.0 Å². The van der Waals surface area contributed by atoms with E-state index in [1.807, 2.05) is 31.2 Å². The standard InChI is InChI=1S/C16H16ClN3O2.C7H9N5O/c1-3-12-9-11-5-4-6-13(17)15(11)16(21)20(12)8-7-14-18-10(2)19-22-14;8-5-4(6(9)13)7-10-2-1-3-12(7)11-5/h4-6,9H,3,7-8H2,1-2H3;1,3,10H,2H2,(H2,8,11)(H2,9,13). The minimum atomic E-state index is -0.568. The number of carbonyl (C=O) groups excluding carboxylic acids is 1. The molecule has 0 aliphatic carbocycles. The van der Waals surface area contributed by atoms with Crippen LogP contribution in [0.15, 0.2) is 39.7 Å². The Morgan fingerprint density at radius 3 is 2.83 bits per heavy atom. The fourth-order valence-corrected chi connectivity index (χ4v) is 4.14. The van der Waals surface area contributed by atoms with E-state index in [1.165, 1.54) is 4.68 Å². The molecular formula is C23H25ClN8O3. The predicted molar refractivity (Wildman–Crippen MR) is 134 cm³/mol. The molecule has 0 atom stereocenters. The zero-order chi connectivity index (χ0) is 25.1. The molecule has 0 spiro atoms. The van der Waals surface area contributed by atoms with Crippen LogP contribution in [0.3, 0.4) is 0 Å². The van der Waals surface area contributed by atoms with E-state index >= 15 is 0 Å². The van der Waals surface area contributed by atoms with Gasteiger partial charge in [0.25, 0.3) is 11.5 Å². The highest BCUT2D eigenvalue weighted by atomic mass is 35.5. The molecule has 11 nitrogen and oxygen atoms in total. The number of pyridine rings is 1. The molecule has 1 amide bonds.